The van der Waals surface area contributed by atoms with Crippen LogP contribution in [0.3, 0.4) is 0 Å². The Balaban J connectivity index is 0.00000272. The Labute approximate surface area is 196 Å². The Morgan fingerprint density at radius 2 is 1.84 bits per heavy atom. The molecule has 0 spiro atoms. The van der Waals surface area contributed by atoms with E-state index in [1.165, 1.54) is 64.1 Å². The van der Waals surface area contributed by atoms with Crippen LogP contribution in [0.4, 0.5) is 5.69 Å². The molecule has 0 saturated heterocycles. The lowest BCUT2D eigenvalue weighted by atomic mass is 9.90. The highest BCUT2D eigenvalue weighted by molar-refractivity contribution is 7.10. The van der Waals surface area contributed by atoms with Crippen molar-refractivity contribution in [2.75, 3.05) is 13.6 Å². The number of aryl methyl sites for hydroxylation is 4. The van der Waals surface area contributed by atoms with Crippen LogP contribution in [0.25, 0.3) is 11.3 Å². The van der Waals surface area contributed by atoms with E-state index in [9.17, 15) is 0 Å². The minimum Gasteiger partial charge on any atom is -0.366 e. The SMILES string of the molecule is CCN(C)C=Nc1cc(C)c(Cc2nc(-c3ccc4c(c3)CCCC4)cs2)cc1C.Cl. The maximum atomic E-state index is 4.97. The van der Waals surface area contributed by atoms with Crippen LogP contribution >= 0.6 is 23.7 Å². The van der Waals surface area contributed by atoms with Crippen molar-refractivity contribution in [1.29, 1.82) is 0 Å². The molecule has 0 atom stereocenters. The molecule has 2 aromatic carbocycles. The molecule has 0 fully saturated rings. The van der Waals surface area contributed by atoms with Gasteiger partial charge in [-0.25, -0.2) is 9.98 Å². The first-order valence-electron chi connectivity index (χ1n) is 10.9. The maximum Gasteiger partial charge on any atom is 0.0976 e. The number of rotatable bonds is 6. The normalized spacial score (nSPS) is 13.2. The molecule has 0 radical (unpaired) electrons. The molecule has 1 heterocycles. The number of fused-ring (bicyclic) bond motifs is 1. The number of halogens is 1. The number of aromatic nitrogens is 1. The van der Waals surface area contributed by atoms with Crippen molar-refractivity contribution < 1.29 is 0 Å². The Hall–Kier alpha value is -2.17. The second-order valence-corrected chi connectivity index (χ2v) is 9.32. The summed E-state index contributed by atoms with van der Waals surface area (Å²) in [6, 6.07) is 11.4. The average molecular weight is 454 g/mol. The van der Waals surface area contributed by atoms with E-state index >= 15 is 0 Å². The summed E-state index contributed by atoms with van der Waals surface area (Å²) in [6.45, 7) is 7.40. The topological polar surface area (TPSA) is 28.5 Å². The van der Waals surface area contributed by atoms with Gasteiger partial charge in [0.25, 0.3) is 0 Å². The highest BCUT2D eigenvalue weighted by atomic mass is 35.5. The summed E-state index contributed by atoms with van der Waals surface area (Å²) in [6.07, 6.45) is 7.86. The van der Waals surface area contributed by atoms with Gasteiger partial charge < -0.3 is 4.90 Å². The van der Waals surface area contributed by atoms with Crippen LogP contribution in [-0.2, 0) is 19.3 Å². The van der Waals surface area contributed by atoms with Gasteiger partial charge in [0.2, 0.25) is 0 Å². The molecule has 0 aliphatic heterocycles. The number of hydrogen-bond acceptors (Lipinski definition) is 3. The minimum absolute atomic E-state index is 0. The van der Waals surface area contributed by atoms with Gasteiger partial charge in [0, 0.05) is 31.0 Å². The van der Waals surface area contributed by atoms with Crippen LogP contribution in [0, 0.1) is 13.8 Å². The third-order valence-corrected chi connectivity index (χ3v) is 6.93. The van der Waals surface area contributed by atoms with Crippen molar-refractivity contribution >= 4 is 35.8 Å². The quantitative estimate of drug-likeness (QED) is 0.299. The fourth-order valence-electron chi connectivity index (χ4n) is 4.01. The van der Waals surface area contributed by atoms with Crippen molar-refractivity contribution in [2.24, 2.45) is 4.99 Å². The van der Waals surface area contributed by atoms with Crippen molar-refractivity contribution in [2.45, 2.75) is 52.9 Å². The minimum atomic E-state index is 0. The van der Waals surface area contributed by atoms with Crippen LogP contribution < -0.4 is 0 Å². The Kier molecular flexibility index (Phi) is 7.90. The summed E-state index contributed by atoms with van der Waals surface area (Å²) < 4.78 is 0. The van der Waals surface area contributed by atoms with Gasteiger partial charge >= 0.3 is 0 Å². The molecule has 31 heavy (non-hydrogen) atoms. The van der Waals surface area contributed by atoms with Crippen molar-refractivity contribution in [1.82, 2.24) is 9.88 Å². The van der Waals surface area contributed by atoms with Gasteiger partial charge in [0.05, 0.1) is 22.7 Å². The summed E-state index contributed by atoms with van der Waals surface area (Å²) in [5, 5.41) is 3.38. The first-order valence-corrected chi connectivity index (χ1v) is 11.8. The molecule has 3 nitrogen and oxygen atoms in total. The molecule has 4 rings (SSSR count). The summed E-state index contributed by atoms with van der Waals surface area (Å²) in [5.41, 5.74) is 10.3. The van der Waals surface area contributed by atoms with E-state index in [1.807, 2.05) is 13.4 Å². The van der Waals surface area contributed by atoms with Crippen LogP contribution in [0.15, 0.2) is 40.7 Å². The Bertz CT molecular complexity index is 1070. The molecule has 1 aliphatic carbocycles. The zero-order valence-electron chi connectivity index (χ0n) is 18.9. The summed E-state index contributed by atoms with van der Waals surface area (Å²) in [4.78, 5) is 11.7. The molecular weight excluding hydrogens is 422 g/mol. The summed E-state index contributed by atoms with van der Waals surface area (Å²) in [7, 11) is 2.04. The van der Waals surface area contributed by atoms with Crippen LogP contribution in [0.5, 0.6) is 0 Å². The first-order chi connectivity index (χ1) is 14.5. The Morgan fingerprint density at radius 3 is 2.61 bits per heavy atom. The molecular formula is C26H32ClN3S. The van der Waals surface area contributed by atoms with Gasteiger partial charge in [-0.05, 0) is 86.4 Å². The molecule has 3 aromatic rings. The fraction of sp³-hybridized carbons (Fsp3) is 0.385. The van der Waals surface area contributed by atoms with Gasteiger partial charge in [0.15, 0.2) is 0 Å². The van der Waals surface area contributed by atoms with Crippen molar-refractivity contribution in [3.63, 3.8) is 0 Å². The van der Waals surface area contributed by atoms with Crippen LogP contribution in [0.1, 0.15) is 52.6 Å². The highest BCUT2D eigenvalue weighted by Crippen LogP contribution is 2.30. The number of nitrogens with zero attached hydrogens (tertiary/aromatic N) is 3. The molecule has 0 amide bonds. The molecule has 5 heteroatoms. The number of aliphatic imine (C=N–C) groups is 1. The van der Waals surface area contributed by atoms with E-state index in [4.69, 9.17) is 4.98 Å². The van der Waals surface area contributed by atoms with Crippen molar-refractivity contribution in [3.05, 3.63) is 68.5 Å². The molecule has 1 aromatic heterocycles. The second kappa shape index (κ2) is 10.4. The van der Waals surface area contributed by atoms with E-state index in [1.54, 1.807) is 11.3 Å². The van der Waals surface area contributed by atoms with Gasteiger partial charge in [-0.1, -0.05) is 18.2 Å². The monoisotopic (exact) mass is 453 g/mol. The van der Waals surface area contributed by atoms with E-state index in [0.717, 1.165) is 24.3 Å². The molecule has 0 saturated carbocycles. The lowest BCUT2D eigenvalue weighted by Gasteiger charge is -2.16. The average Bonchev–Trinajstić information content (AvgIpc) is 3.23. The second-order valence-electron chi connectivity index (χ2n) is 8.38. The van der Waals surface area contributed by atoms with Crippen LogP contribution in [-0.4, -0.2) is 29.8 Å². The van der Waals surface area contributed by atoms with E-state index in [-0.39, 0.29) is 12.4 Å². The molecule has 0 bridgehead atoms. The van der Waals surface area contributed by atoms with Crippen LogP contribution in [0.2, 0.25) is 0 Å². The van der Waals surface area contributed by atoms with Crippen molar-refractivity contribution in [3.8, 4) is 11.3 Å². The predicted molar refractivity (Wildman–Crippen MR) is 137 cm³/mol. The molecule has 0 N–H and O–H groups in total. The molecule has 0 unspecified atom stereocenters. The van der Waals surface area contributed by atoms with E-state index < -0.39 is 0 Å². The highest BCUT2D eigenvalue weighted by Gasteiger charge is 2.13. The van der Waals surface area contributed by atoms with Gasteiger partial charge in [0.1, 0.15) is 0 Å². The van der Waals surface area contributed by atoms with Gasteiger partial charge in [-0.2, -0.15) is 0 Å². The number of thiazole rings is 1. The third kappa shape index (κ3) is 5.55. The zero-order chi connectivity index (χ0) is 21.1. The summed E-state index contributed by atoms with van der Waals surface area (Å²) in [5.74, 6) is 0. The smallest absolute Gasteiger partial charge is 0.0976 e. The largest absolute Gasteiger partial charge is 0.366 e. The standard InChI is InChI=1S/C26H31N3S.ClH/c1-5-29(4)17-27-24-13-18(2)23(12-19(24)3)15-26-28-25(16-30-26)22-11-10-20-8-6-7-9-21(20)14-22;/h10-14,16-17H,5-9,15H2,1-4H3;1H. The fourth-order valence-corrected chi connectivity index (χ4v) is 4.84. The predicted octanol–water partition coefficient (Wildman–Crippen LogP) is 6.93. The lowest BCUT2D eigenvalue weighted by molar-refractivity contribution is 0.552. The van der Waals surface area contributed by atoms with E-state index in [0.29, 0.717) is 0 Å². The lowest BCUT2D eigenvalue weighted by Crippen LogP contribution is -2.14. The maximum absolute atomic E-state index is 4.97. The molecule has 1 aliphatic rings. The van der Waals surface area contributed by atoms with Gasteiger partial charge in [-0.15, -0.1) is 23.7 Å². The first kappa shape index (κ1) is 23.5. The number of hydrogen-bond donors (Lipinski definition) is 0. The van der Waals surface area contributed by atoms with E-state index in [2.05, 4.69) is 66.4 Å². The van der Waals surface area contributed by atoms with Gasteiger partial charge in [-0.3, -0.25) is 0 Å². The zero-order valence-corrected chi connectivity index (χ0v) is 20.6. The summed E-state index contributed by atoms with van der Waals surface area (Å²) >= 11 is 1.77. The Morgan fingerprint density at radius 1 is 1.06 bits per heavy atom. The molecule has 164 valence electrons. The third-order valence-electron chi connectivity index (χ3n) is 6.08. The number of benzene rings is 2.